The maximum absolute atomic E-state index is 13.1. The number of aryl methyl sites for hydroxylation is 2. The van der Waals surface area contributed by atoms with Gasteiger partial charge in [0, 0.05) is 33.2 Å². The molecule has 0 aromatic heterocycles. The van der Waals surface area contributed by atoms with Crippen molar-refractivity contribution in [3.63, 3.8) is 0 Å². The fourth-order valence-electron chi connectivity index (χ4n) is 4.95. The Labute approximate surface area is 162 Å². The van der Waals surface area contributed by atoms with Gasteiger partial charge in [-0.2, -0.15) is 4.31 Å². The molecule has 3 aliphatic rings. The van der Waals surface area contributed by atoms with Crippen LogP contribution < -0.4 is 5.32 Å². The lowest BCUT2D eigenvalue weighted by atomic mass is 9.84. The van der Waals surface area contributed by atoms with E-state index >= 15 is 0 Å². The first-order chi connectivity index (χ1) is 13.0. The zero-order valence-corrected chi connectivity index (χ0v) is 16.8. The quantitative estimate of drug-likeness (QED) is 0.859. The highest BCUT2D eigenvalue weighted by atomic mass is 32.2. The second-order valence-electron chi connectivity index (χ2n) is 8.08. The fourth-order valence-corrected chi connectivity index (χ4v) is 6.51. The third-order valence-electron chi connectivity index (χ3n) is 6.60. The summed E-state index contributed by atoms with van der Waals surface area (Å²) in [7, 11) is -1.74. The number of piperidine rings is 1. The van der Waals surface area contributed by atoms with Crippen LogP contribution in [0.4, 0.5) is 4.79 Å². The van der Waals surface area contributed by atoms with Crippen molar-refractivity contribution in [3.05, 3.63) is 29.3 Å². The summed E-state index contributed by atoms with van der Waals surface area (Å²) >= 11 is 0. The molecule has 0 radical (unpaired) electrons. The lowest BCUT2D eigenvalue weighted by Crippen LogP contribution is -2.44. The summed E-state index contributed by atoms with van der Waals surface area (Å²) in [4.78, 5) is 14.1. The van der Waals surface area contributed by atoms with Crippen molar-refractivity contribution in [3.8, 4) is 0 Å². The van der Waals surface area contributed by atoms with Crippen molar-refractivity contribution >= 4 is 16.1 Å². The molecule has 2 saturated heterocycles. The van der Waals surface area contributed by atoms with Gasteiger partial charge in [-0.05, 0) is 73.6 Å². The lowest BCUT2D eigenvalue weighted by molar-refractivity contribution is 0.153. The molecule has 7 heteroatoms. The average Bonchev–Trinajstić information content (AvgIpc) is 3.36. The minimum atomic E-state index is -3.40. The van der Waals surface area contributed by atoms with E-state index in [-0.39, 0.29) is 6.03 Å². The summed E-state index contributed by atoms with van der Waals surface area (Å²) in [5, 5.41) is 2.68. The number of likely N-dealkylation sites (tertiary alicyclic amines) is 1. The average molecular weight is 392 g/mol. The monoisotopic (exact) mass is 391 g/mol. The number of benzene rings is 1. The Bertz CT molecular complexity index is 816. The second kappa shape index (κ2) is 7.43. The number of fused-ring (bicyclic) bond motifs is 1. The summed E-state index contributed by atoms with van der Waals surface area (Å²) in [6.45, 7) is 2.75. The van der Waals surface area contributed by atoms with E-state index in [4.69, 9.17) is 0 Å². The molecule has 1 aromatic rings. The molecule has 1 atom stereocenters. The normalized spacial score (nSPS) is 24.2. The number of nitrogens with zero attached hydrogens (tertiary/aromatic N) is 2. The van der Waals surface area contributed by atoms with Crippen LogP contribution in [0, 0.1) is 11.8 Å². The topological polar surface area (TPSA) is 69.7 Å². The maximum Gasteiger partial charge on any atom is 0.317 e. The molecule has 0 bridgehead atoms. The molecule has 148 valence electrons. The van der Waals surface area contributed by atoms with E-state index in [0.29, 0.717) is 29.8 Å². The summed E-state index contributed by atoms with van der Waals surface area (Å²) < 4.78 is 27.9. The summed E-state index contributed by atoms with van der Waals surface area (Å²) in [6.07, 6.45) is 6.03. The summed E-state index contributed by atoms with van der Waals surface area (Å²) in [5.74, 6) is 0.909. The number of hydrogen-bond donors (Lipinski definition) is 1. The first kappa shape index (κ1) is 18.7. The van der Waals surface area contributed by atoms with Crippen molar-refractivity contribution in [2.45, 2.75) is 43.4 Å². The van der Waals surface area contributed by atoms with Gasteiger partial charge in [-0.3, -0.25) is 0 Å². The van der Waals surface area contributed by atoms with Crippen LogP contribution in [0.2, 0.25) is 0 Å². The van der Waals surface area contributed by atoms with Crippen LogP contribution in [0.25, 0.3) is 0 Å². The standard InChI is InChI=1S/C20H29N3O3S/c1-21-20(24)22-10-7-16(8-11-22)18-9-12-23(14-18)27(25,26)19-6-5-15-3-2-4-17(15)13-19/h5-6,13,16,18H,2-4,7-12,14H2,1H3,(H,21,24). The summed E-state index contributed by atoms with van der Waals surface area (Å²) in [5.41, 5.74) is 2.50. The van der Waals surface area contributed by atoms with Gasteiger partial charge in [-0.25, -0.2) is 13.2 Å². The highest BCUT2D eigenvalue weighted by Crippen LogP contribution is 2.35. The van der Waals surface area contributed by atoms with E-state index in [9.17, 15) is 13.2 Å². The Kier molecular flexibility index (Phi) is 5.16. The Hall–Kier alpha value is -1.60. The van der Waals surface area contributed by atoms with Gasteiger partial charge in [0.1, 0.15) is 0 Å². The van der Waals surface area contributed by atoms with Crippen LogP contribution in [-0.2, 0) is 22.9 Å². The molecular formula is C20H29N3O3S. The molecule has 1 aliphatic carbocycles. The minimum Gasteiger partial charge on any atom is -0.341 e. The number of carbonyl (C=O) groups excluding carboxylic acids is 1. The molecule has 0 saturated carbocycles. The van der Waals surface area contributed by atoms with Crippen molar-refractivity contribution in [2.75, 3.05) is 33.2 Å². The molecule has 0 spiro atoms. The predicted octanol–water partition coefficient (Wildman–Crippen LogP) is 2.24. The van der Waals surface area contributed by atoms with Gasteiger partial charge in [0.05, 0.1) is 4.90 Å². The minimum absolute atomic E-state index is 0.0133. The van der Waals surface area contributed by atoms with Gasteiger partial charge in [-0.1, -0.05) is 6.07 Å². The van der Waals surface area contributed by atoms with Crippen molar-refractivity contribution in [2.24, 2.45) is 11.8 Å². The van der Waals surface area contributed by atoms with Crippen LogP contribution in [-0.4, -0.2) is 56.9 Å². The molecule has 1 aromatic carbocycles. The number of sulfonamides is 1. The van der Waals surface area contributed by atoms with Gasteiger partial charge < -0.3 is 10.2 Å². The van der Waals surface area contributed by atoms with Crippen molar-refractivity contribution < 1.29 is 13.2 Å². The summed E-state index contributed by atoms with van der Waals surface area (Å²) in [6, 6.07) is 5.67. The number of hydrogen-bond acceptors (Lipinski definition) is 3. The van der Waals surface area contributed by atoms with Gasteiger partial charge in [0.25, 0.3) is 0 Å². The van der Waals surface area contributed by atoms with Crippen LogP contribution in [0.15, 0.2) is 23.1 Å². The van der Waals surface area contributed by atoms with Crippen LogP contribution >= 0.6 is 0 Å². The molecule has 27 heavy (non-hydrogen) atoms. The van der Waals surface area contributed by atoms with Gasteiger partial charge in [0.2, 0.25) is 10.0 Å². The van der Waals surface area contributed by atoms with Crippen LogP contribution in [0.5, 0.6) is 0 Å². The SMILES string of the molecule is CNC(=O)N1CCC(C2CCN(S(=O)(=O)c3ccc4c(c3)CCC4)C2)CC1. The third-order valence-corrected chi connectivity index (χ3v) is 8.46. The largest absolute Gasteiger partial charge is 0.341 e. The molecule has 1 unspecified atom stereocenters. The highest BCUT2D eigenvalue weighted by molar-refractivity contribution is 7.89. The van der Waals surface area contributed by atoms with Gasteiger partial charge in [0.15, 0.2) is 0 Å². The first-order valence-corrected chi connectivity index (χ1v) is 11.5. The zero-order valence-electron chi connectivity index (χ0n) is 16.0. The van der Waals surface area contributed by atoms with Crippen molar-refractivity contribution in [1.29, 1.82) is 0 Å². The fraction of sp³-hybridized carbons (Fsp3) is 0.650. The molecule has 2 aliphatic heterocycles. The molecular weight excluding hydrogens is 362 g/mol. The van der Waals surface area contributed by atoms with E-state index in [1.54, 1.807) is 17.4 Å². The van der Waals surface area contributed by atoms with Gasteiger partial charge in [-0.15, -0.1) is 0 Å². The van der Waals surface area contributed by atoms with Crippen LogP contribution in [0.1, 0.15) is 36.8 Å². The molecule has 1 N–H and O–H groups in total. The molecule has 2 amide bonds. The molecule has 2 heterocycles. The highest BCUT2D eigenvalue weighted by Gasteiger charge is 2.37. The Morgan fingerprint density at radius 1 is 1.04 bits per heavy atom. The lowest BCUT2D eigenvalue weighted by Gasteiger charge is -2.34. The Balaban J connectivity index is 1.40. The van der Waals surface area contributed by atoms with Crippen molar-refractivity contribution in [1.82, 2.24) is 14.5 Å². The van der Waals surface area contributed by atoms with E-state index in [0.717, 1.165) is 51.6 Å². The number of rotatable bonds is 3. The third kappa shape index (κ3) is 3.59. The predicted molar refractivity (Wildman–Crippen MR) is 104 cm³/mol. The first-order valence-electron chi connectivity index (χ1n) is 10.1. The Morgan fingerprint density at radius 2 is 1.74 bits per heavy atom. The van der Waals surface area contributed by atoms with E-state index in [1.807, 2.05) is 17.0 Å². The van der Waals surface area contributed by atoms with E-state index < -0.39 is 10.0 Å². The smallest absolute Gasteiger partial charge is 0.317 e. The Morgan fingerprint density at radius 3 is 2.48 bits per heavy atom. The van der Waals surface area contributed by atoms with E-state index in [1.165, 1.54) is 11.1 Å². The molecule has 6 nitrogen and oxygen atoms in total. The zero-order chi connectivity index (χ0) is 19.0. The van der Waals surface area contributed by atoms with Gasteiger partial charge >= 0.3 is 6.03 Å². The van der Waals surface area contributed by atoms with E-state index in [2.05, 4.69) is 5.32 Å². The number of urea groups is 1. The van der Waals surface area contributed by atoms with Crippen LogP contribution in [0.3, 0.4) is 0 Å². The second-order valence-corrected chi connectivity index (χ2v) is 10.0. The number of nitrogens with one attached hydrogen (secondary N) is 1. The number of amides is 2. The maximum atomic E-state index is 13.1. The number of carbonyl (C=O) groups is 1. The molecule has 4 rings (SSSR count). The molecule has 2 fully saturated rings.